The molecule has 1 aromatic rings. The summed E-state index contributed by atoms with van der Waals surface area (Å²) in [4.78, 5) is 62.9. The molecule has 0 radical (unpaired) electrons. The molecule has 0 saturated carbocycles. The molecule has 0 spiro atoms. The minimum absolute atomic E-state index is 0.180. The summed E-state index contributed by atoms with van der Waals surface area (Å²) >= 11 is 0. The summed E-state index contributed by atoms with van der Waals surface area (Å²) in [7, 11) is -2.36. The van der Waals surface area contributed by atoms with Crippen LogP contribution in [-0.4, -0.2) is 90.7 Å². The Hall–Kier alpha value is -3.72. The number of esters is 1. The van der Waals surface area contributed by atoms with Crippen LogP contribution in [0.15, 0.2) is 30.3 Å². The van der Waals surface area contributed by atoms with Crippen LogP contribution < -0.4 is 16.0 Å². The Labute approximate surface area is 188 Å². The predicted octanol–water partition coefficient (Wildman–Crippen LogP) is -2.46. The smallest absolute Gasteiger partial charge is 0.362 e. The first-order valence-electron chi connectivity index (χ1n) is 9.51. The maximum Gasteiger partial charge on any atom is 0.362 e. The molecule has 178 valence electrons. The summed E-state index contributed by atoms with van der Waals surface area (Å²) in [6.07, 6.45) is 0. The lowest BCUT2D eigenvalue weighted by molar-refractivity contribution is -0.146. The second-order valence-electron chi connectivity index (χ2n) is 7.27. The fraction of sp³-hybridized carbons (Fsp3) is 0.389. The molecule has 14 nitrogen and oxygen atoms in total. The molecular weight excluding hydrogens is 462 g/mol. The van der Waals surface area contributed by atoms with E-state index in [-0.39, 0.29) is 4.31 Å². The maximum absolute atomic E-state index is 13.0. The van der Waals surface area contributed by atoms with Crippen LogP contribution in [0.25, 0.3) is 0 Å². The topological polar surface area (TPSA) is 192 Å². The van der Waals surface area contributed by atoms with Gasteiger partial charge >= 0.3 is 22.3 Å². The SMILES string of the molecule is COC(=O)C1NC(=O)N(C)C1C(=O)NC(C(=O)NC1CN(S(=O)(=O)O)C1=O)c1ccccc1. The third-order valence-corrected chi connectivity index (χ3v) is 6.11. The van der Waals surface area contributed by atoms with E-state index in [2.05, 4.69) is 20.7 Å². The zero-order valence-corrected chi connectivity index (χ0v) is 18.2. The number of nitrogens with one attached hydrogen (secondary N) is 3. The first-order valence-corrected chi connectivity index (χ1v) is 10.9. The molecule has 1 aromatic carbocycles. The number of likely N-dealkylation sites (N-methyl/N-ethyl adjacent to an activating group) is 1. The fourth-order valence-corrected chi connectivity index (χ4v) is 4.14. The number of β-lactam (4-membered cyclic amide) rings is 1. The van der Waals surface area contributed by atoms with Crippen molar-refractivity contribution < 1.29 is 41.7 Å². The highest BCUT2D eigenvalue weighted by Gasteiger charge is 2.48. The lowest BCUT2D eigenvalue weighted by Crippen LogP contribution is -2.66. The van der Waals surface area contributed by atoms with Crippen molar-refractivity contribution in [3.63, 3.8) is 0 Å². The van der Waals surface area contributed by atoms with Gasteiger partial charge in [-0.15, -0.1) is 0 Å². The zero-order chi connectivity index (χ0) is 24.5. The number of carbonyl (C=O) groups is 5. The van der Waals surface area contributed by atoms with Gasteiger partial charge in [0.2, 0.25) is 11.8 Å². The molecule has 0 aromatic heterocycles. The molecule has 2 aliphatic rings. The van der Waals surface area contributed by atoms with E-state index in [4.69, 9.17) is 4.55 Å². The second-order valence-corrected chi connectivity index (χ2v) is 8.60. The summed E-state index contributed by atoms with van der Waals surface area (Å²) in [5.74, 6) is -3.61. The fourth-order valence-electron chi connectivity index (χ4n) is 3.44. The van der Waals surface area contributed by atoms with E-state index in [0.717, 1.165) is 12.0 Å². The van der Waals surface area contributed by atoms with Gasteiger partial charge in [0.05, 0.1) is 13.7 Å². The van der Waals surface area contributed by atoms with E-state index in [1.165, 1.54) is 19.2 Å². The van der Waals surface area contributed by atoms with Crippen molar-refractivity contribution in [2.24, 2.45) is 0 Å². The van der Waals surface area contributed by atoms with Crippen LogP contribution in [0.5, 0.6) is 0 Å². The van der Waals surface area contributed by atoms with Gasteiger partial charge in [0.15, 0.2) is 6.04 Å². The third kappa shape index (κ3) is 4.73. The number of urea groups is 1. The molecule has 3 rings (SSSR count). The molecule has 2 saturated heterocycles. The van der Waals surface area contributed by atoms with Crippen LogP contribution in [0.3, 0.4) is 0 Å². The van der Waals surface area contributed by atoms with Crippen molar-refractivity contribution >= 4 is 40.0 Å². The summed E-state index contributed by atoms with van der Waals surface area (Å²) in [5.41, 5.74) is 0.316. The molecule has 0 aliphatic carbocycles. The van der Waals surface area contributed by atoms with Crippen molar-refractivity contribution in [3.05, 3.63) is 35.9 Å². The summed E-state index contributed by atoms with van der Waals surface area (Å²) < 4.78 is 35.9. The van der Waals surface area contributed by atoms with Crippen LogP contribution in [0.1, 0.15) is 11.6 Å². The number of ether oxygens (including phenoxy) is 1. The highest BCUT2D eigenvalue weighted by Crippen LogP contribution is 2.20. The highest BCUT2D eigenvalue weighted by atomic mass is 32.2. The van der Waals surface area contributed by atoms with Crippen LogP contribution in [0.2, 0.25) is 0 Å². The maximum atomic E-state index is 13.0. The third-order valence-electron chi connectivity index (χ3n) is 5.23. The van der Waals surface area contributed by atoms with E-state index in [1.54, 1.807) is 18.2 Å². The molecule has 0 bridgehead atoms. The Balaban J connectivity index is 1.80. The normalized spacial score (nSPS) is 23.3. The van der Waals surface area contributed by atoms with Gasteiger partial charge in [-0.05, 0) is 5.56 Å². The van der Waals surface area contributed by atoms with Crippen LogP contribution >= 0.6 is 0 Å². The first-order chi connectivity index (χ1) is 15.5. The number of nitrogens with zero attached hydrogens (tertiary/aromatic N) is 2. The largest absolute Gasteiger partial charge is 0.467 e. The number of methoxy groups -OCH3 is 1. The van der Waals surface area contributed by atoms with Crippen molar-refractivity contribution in [2.75, 3.05) is 20.7 Å². The van der Waals surface area contributed by atoms with Crippen LogP contribution in [0, 0.1) is 0 Å². The molecule has 33 heavy (non-hydrogen) atoms. The highest BCUT2D eigenvalue weighted by molar-refractivity contribution is 7.84. The number of hydrogen-bond donors (Lipinski definition) is 4. The Morgan fingerprint density at radius 3 is 2.39 bits per heavy atom. The van der Waals surface area contributed by atoms with Crippen molar-refractivity contribution in [1.29, 1.82) is 0 Å². The van der Waals surface area contributed by atoms with Crippen molar-refractivity contribution in [2.45, 2.75) is 24.2 Å². The summed E-state index contributed by atoms with van der Waals surface area (Å²) in [6, 6.07) is 1.98. The number of amides is 5. The van der Waals surface area contributed by atoms with E-state index in [0.29, 0.717) is 5.56 Å². The number of carbonyl (C=O) groups excluding carboxylic acids is 5. The van der Waals surface area contributed by atoms with Gasteiger partial charge in [0.1, 0.15) is 18.1 Å². The average Bonchev–Trinajstić information content (AvgIpc) is 3.07. The molecule has 4 N–H and O–H groups in total. The number of hydrogen-bond acceptors (Lipinski definition) is 8. The molecular formula is C18H21N5O9S. The molecule has 2 aliphatic heterocycles. The second kappa shape index (κ2) is 9.03. The van der Waals surface area contributed by atoms with Crippen LogP contribution in [-0.2, 0) is 34.2 Å². The summed E-state index contributed by atoms with van der Waals surface area (Å²) in [6.45, 7) is -0.479. The van der Waals surface area contributed by atoms with Crippen molar-refractivity contribution in [3.8, 4) is 0 Å². The molecule has 15 heteroatoms. The lowest BCUT2D eigenvalue weighted by atomic mass is 10.0. The van der Waals surface area contributed by atoms with Gasteiger partial charge in [-0.1, -0.05) is 30.3 Å². The Morgan fingerprint density at radius 2 is 1.85 bits per heavy atom. The van der Waals surface area contributed by atoms with Gasteiger partial charge in [0, 0.05) is 7.05 Å². The zero-order valence-electron chi connectivity index (χ0n) is 17.4. The Kier molecular flexibility index (Phi) is 6.55. The minimum Gasteiger partial charge on any atom is -0.467 e. The molecule has 4 atom stereocenters. The standard InChI is InChI=1S/C18H21N5O9S/c1-22-13(12(17(27)32-2)21-18(22)28)15(25)20-11(9-6-4-3-5-7-9)14(24)19-10-8-23(16(10)26)33(29,30)31/h3-7,10-13H,8H2,1-2H3,(H,19,24)(H,20,25)(H,21,28)(H,29,30,31). The van der Waals surface area contributed by atoms with E-state index < -0.39 is 70.7 Å². The molecule has 4 unspecified atom stereocenters. The monoisotopic (exact) mass is 483 g/mol. The average molecular weight is 483 g/mol. The Morgan fingerprint density at radius 1 is 1.21 bits per heavy atom. The molecule has 5 amide bonds. The predicted molar refractivity (Wildman–Crippen MR) is 108 cm³/mol. The Bertz CT molecular complexity index is 1090. The van der Waals surface area contributed by atoms with Crippen molar-refractivity contribution in [1.82, 2.24) is 25.2 Å². The van der Waals surface area contributed by atoms with Gasteiger partial charge in [0.25, 0.3) is 5.91 Å². The van der Waals surface area contributed by atoms with Crippen LogP contribution in [0.4, 0.5) is 4.79 Å². The number of rotatable bonds is 7. The lowest BCUT2D eigenvalue weighted by Gasteiger charge is -2.36. The van der Waals surface area contributed by atoms with Gasteiger partial charge in [-0.3, -0.25) is 18.9 Å². The van der Waals surface area contributed by atoms with Gasteiger partial charge in [-0.25, -0.2) is 13.9 Å². The number of benzene rings is 1. The van der Waals surface area contributed by atoms with E-state index in [1.807, 2.05) is 0 Å². The van der Waals surface area contributed by atoms with Gasteiger partial charge < -0.3 is 25.6 Å². The van der Waals surface area contributed by atoms with E-state index in [9.17, 15) is 32.4 Å². The minimum atomic E-state index is -4.74. The summed E-state index contributed by atoms with van der Waals surface area (Å²) in [5, 5.41) is 7.10. The molecule has 2 heterocycles. The van der Waals surface area contributed by atoms with Gasteiger partial charge in [-0.2, -0.15) is 8.42 Å². The quantitative estimate of drug-likeness (QED) is 0.185. The molecule has 2 fully saturated rings. The first kappa shape index (κ1) is 23.9. The van der Waals surface area contributed by atoms with E-state index >= 15 is 0 Å².